The van der Waals surface area contributed by atoms with Gasteiger partial charge in [-0.3, -0.25) is 0 Å². The Morgan fingerprint density at radius 3 is 2.92 bits per heavy atom. The SMILES string of the molecule is CC(CO)NCC1COC(C)C1. The third-order valence-electron chi connectivity index (χ3n) is 2.31. The number of rotatable bonds is 4. The van der Waals surface area contributed by atoms with Crippen LogP contribution in [-0.4, -0.2) is 37.0 Å². The van der Waals surface area contributed by atoms with Crippen LogP contribution in [0.1, 0.15) is 20.3 Å². The van der Waals surface area contributed by atoms with Gasteiger partial charge in [-0.2, -0.15) is 0 Å². The first-order valence-corrected chi connectivity index (χ1v) is 4.68. The molecule has 1 heterocycles. The van der Waals surface area contributed by atoms with E-state index in [1.165, 1.54) is 0 Å². The van der Waals surface area contributed by atoms with Gasteiger partial charge >= 0.3 is 0 Å². The minimum absolute atomic E-state index is 0.209. The Labute approximate surface area is 74.1 Å². The molecule has 1 aliphatic heterocycles. The lowest BCUT2D eigenvalue weighted by Crippen LogP contribution is -2.33. The number of ether oxygens (including phenoxy) is 1. The van der Waals surface area contributed by atoms with E-state index in [0.717, 1.165) is 19.6 Å². The van der Waals surface area contributed by atoms with Crippen molar-refractivity contribution in [3.05, 3.63) is 0 Å². The van der Waals surface area contributed by atoms with Crippen molar-refractivity contribution < 1.29 is 9.84 Å². The molecule has 3 atom stereocenters. The van der Waals surface area contributed by atoms with Crippen molar-refractivity contribution in [3.63, 3.8) is 0 Å². The molecule has 0 spiro atoms. The fourth-order valence-corrected chi connectivity index (χ4v) is 1.48. The molecular weight excluding hydrogens is 154 g/mol. The third kappa shape index (κ3) is 3.09. The number of aliphatic hydroxyl groups is 1. The van der Waals surface area contributed by atoms with Crippen LogP contribution in [0, 0.1) is 5.92 Å². The monoisotopic (exact) mass is 173 g/mol. The van der Waals surface area contributed by atoms with Gasteiger partial charge in [-0.05, 0) is 26.2 Å². The van der Waals surface area contributed by atoms with Crippen molar-refractivity contribution in [2.45, 2.75) is 32.4 Å². The summed E-state index contributed by atoms with van der Waals surface area (Å²) < 4.78 is 5.43. The Bertz CT molecular complexity index is 130. The molecule has 0 saturated carbocycles. The summed E-state index contributed by atoms with van der Waals surface area (Å²) in [6.07, 6.45) is 1.56. The van der Waals surface area contributed by atoms with Crippen molar-refractivity contribution in [1.29, 1.82) is 0 Å². The van der Waals surface area contributed by atoms with Gasteiger partial charge in [0.1, 0.15) is 0 Å². The van der Waals surface area contributed by atoms with Crippen LogP contribution in [0.15, 0.2) is 0 Å². The van der Waals surface area contributed by atoms with Gasteiger partial charge in [-0.15, -0.1) is 0 Å². The van der Waals surface area contributed by atoms with E-state index in [4.69, 9.17) is 9.84 Å². The molecule has 0 bridgehead atoms. The average molecular weight is 173 g/mol. The Morgan fingerprint density at radius 1 is 1.67 bits per heavy atom. The van der Waals surface area contributed by atoms with E-state index in [1.807, 2.05) is 6.92 Å². The quantitative estimate of drug-likeness (QED) is 0.646. The summed E-state index contributed by atoms with van der Waals surface area (Å²) in [5.41, 5.74) is 0. The van der Waals surface area contributed by atoms with Crippen LogP contribution >= 0.6 is 0 Å². The van der Waals surface area contributed by atoms with Gasteiger partial charge < -0.3 is 15.2 Å². The number of nitrogens with one attached hydrogen (secondary N) is 1. The van der Waals surface area contributed by atoms with Crippen molar-refractivity contribution in [2.24, 2.45) is 5.92 Å². The second-order valence-electron chi connectivity index (χ2n) is 3.74. The summed E-state index contributed by atoms with van der Waals surface area (Å²) in [7, 11) is 0. The van der Waals surface area contributed by atoms with Gasteiger partial charge in [0, 0.05) is 12.6 Å². The zero-order valence-electron chi connectivity index (χ0n) is 7.92. The van der Waals surface area contributed by atoms with Crippen LogP contribution in [0.25, 0.3) is 0 Å². The molecule has 3 heteroatoms. The fourth-order valence-electron chi connectivity index (χ4n) is 1.48. The molecule has 0 amide bonds. The van der Waals surface area contributed by atoms with E-state index in [0.29, 0.717) is 12.0 Å². The number of hydrogen-bond acceptors (Lipinski definition) is 3. The summed E-state index contributed by atoms with van der Waals surface area (Å²) in [4.78, 5) is 0. The van der Waals surface area contributed by atoms with E-state index in [1.54, 1.807) is 0 Å². The maximum Gasteiger partial charge on any atom is 0.0581 e. The normalized spacial score (nSPS) is 32.2. The van der Waals surface area contributed by atoms with Crippen LogP contribution in [0.3, 0.4) is 0 Å². The topological polar surface area (TPSA) is 41.5 Å². The minimum atomic E-state index is 0.209. The lowest BCUT2D eigenvalue weighted by Gasteiger charge is -2.13. The lowest BCUT2D eigenvalue weighted by molar-refractivity contribution is 0.119. The van der Waals surface area contributed by atoms with Crippen LogP contribution in [-0.2, 0) is 4.74 Å². The maximum atomic E-state index is 8.77. The van der Waals surface area contributed by atoms with Crippen molar-refractivity contribution in [2.75, 3.05) is 19.8 Å². The maximum absolute atomic E-state index is 8.77. The van der Waals surface area contributed by atoms with Crippen LogP contribution in [0.5, 0.6) is 0 Å². The number of hydrogen-bond donors (Lipinski definition) is 2. The Morgan fingerprint density at radius 2 is 2.42 bits per heavy atom. The zero-order valence-corrected chi connectivity index (χ0v) is 7.92. The first-order chi connectivity index (χ1) is 5.72. The predicted octanol–water partition coefficient (Wildman–Crippen LogP) is 0.382. The Kier molecular flexibility index (Phi) is 3.98. The van der Waals surface area contributed by atoms with Gasteiger partial charge in [-0.1, -0.05) is 0 Å². The molecule has 0 aromatic heterocycles. The molecule has 1 aliphatic rings. The average Bonchev–Trinajstić information content (AvgIpc) is 2.47. The molecule has 1 saturated heterocycles. The van der Waals surface area contributed by atoms with Crippen LogP contribution in [0.2, 0.25) is 0 Å². The van der Waals surface area contributed by atoms with Crippen molar-refractivity contribution in [1.82, 2.24) is 5.32 Å². The molecular formula is C9H19NO2. The van der Waals surface area contributed by atoms with Crippen LogP contribution in [0.4, 0.5) is 0 Å². The standard InChI is InChI=1S/C9H19NO2/c1-7(5-11)10-4-9-3-8(2)12-6-9/h7-11H,3-6H2,1-2H3. The zero-order chi connectivity index (χ0) is 8.97. The van der Waals surface area contributed by atoms with E-state index in [-0.39, 0.29) is 12.6 Å². The fraction of sp³-hybridized carbons (Fsp3) is 1.00. The first-order valence-electron chi connectivity index (χ1n) is 4.68. The molecule has 1 fully saturated rings. The van der Waals surface area contributed by atoms with E-state index in [9.17, 15) is 0 Å². The molecule has 3 nitrogen and oxygen atoms in total. The van der Waals surface area contributed by atoms with E-state index < -0.39 is 0 Å². The van der Waals surface area contributed by atoms with Crippen LogP contribution < -0.4 is 5.32 Å². The minimum Gasteiger partial charge on any atom is -0.395 e. The van der Waals surface area contributed by atoms with Gasteiger partial charge in [0.25, 0.3) is 0 Å². The first kappa shape index (κ1) is 9.96. The van der Waals surface area contributed by atoms with Crippen molar-refractivity contribution >= 4 is 0 Å². The highest BCUT2D eigenvalue weighted by molar-refractivity contribution is 4.73. The molecule has 0 aromatic rings. The summed E-state index contributed by atoms with van der Waals surface area (Å²) in [6, 6.07) is 0.209. The van der Waals surface area contributed by atoms with E-state index >= 15 is 0 Å². The van der Waals surface area contributed by atoms with Crippen molar-refractivity contribution in [3.8, 4) is 0 Å². The second kappa shape index (κ2) is 4.80. The smallest absolute Gasteiger partial charge is 0.0581 e. The lowest BCUT2D eigenvalue weighted by atomic mass is 10.1. The highest BCUT2D eigenvalue weighted by atomic mass is 16.5. The second-order valence-corrected chi connectivity index (χ2v) is 3.74. The van der Waals surface area contributed by atoms with Gasteiger partial charge in [0.2, 0.25) is 0 Å². The Balaban J connectivity index is 2.07. The molecule has 0 aliphatic carbocycles. The molecule has 3 unspecified atom stereocenters. The van der Waals surface area contributed by atoms with E-state index in [2.05, 4.69) is 12.2 Å². The van der Waals surface area contributed by atoms with Gasteiger partial charge in [0.05, 0.1) is 19.3 Å². The largest absolute Gasteiger partial charge is 0.395 e. The number of aliphatic hydroxyl groups excluding tert-OH is 1. The Hall–Kier alpha value is -0.120. The summed E-state index contributed by atoms with van der Waals surface area (Å²) in [5, 5.41) is 12.0. The summed E-state index contributed by atoms with van der Waals surface area (Å²) in [5.74, 6) is 0.633. The molecule has 0 aromatic carbocycles. The van der Waals surface area contributed by atoms with Gasteiger partial charge in [-0.25, -0.2) is 0 Å². The molecule has 0 radical (unpaired) electrons. The molecule has 1 rings (SSSR count). The molecule has 2 N–H and O–H groups in total. The highest BCUT2D eigenvalue weighted by Crippen LogP contribution is 2.17. The predicted molar refractivity (Wildman–Crippen MR) is 48.1 cm³/mol. The summed E-state index contributed by atoms with van der Waals surface area (Å²) >= 11 is 0. The highest BCUT2D eigenvalue weighted by Gasteiger charge is 2.21. The molecule has 72 valence electrons. The third-order valence-corrected chi connectivity index (χ3v) is 2.31. The summed E-state index contributed by atoms with van der Waals surface area (Å²) in [6.45, 7) is 6.14. The molecule has 12 heavy (non-hydrogen) atoms. The van der Waals surface area contributed by atoms with Gasteiger partial charge in [0.15, 0.2) is 0 Å².